The summed E-state index contributed by atoms with van der Waals surface area (Å²) in [5.74, 6) is 0.750. The number of hydrogen-bond acceptors (Lipinski definition) is 2. The van der Waals surface area contributed by atoms with Crippen LogP contribution in [0.25, 0.3) is 10.9 Å². The second-order valence-electron chi connectivity index (χ2n) is 6.27. The molecular weight excluding hydrogens is 270 g/mol. The number of H-pyrrole nitrogens is 1. The van der Waals surface area contributed by atoms with Gasteiger partial charge >= 0.3 is 0 Å². The first kappa shape index (κ1) is 13.5. The maximum Gasteiger partial charge on any atom is 0.0653 e. The molecule has 1 aliphatic carbocycles. The zero-order valence-corrected chi connectivity index (χ0v) is 12.6. The third-order valence-electron chi connectivity index (χ3n) is 4.76. The molecule has 3 nitrogen and oxygen atoms in total. The predicted octanol–water partition coefficient (Wildman–Crippen LogP) is 3.64. The molecule has 2 N–H and O–H groups in total. The van der Waals surface area contributed by atoms with Crippen LogP contribution >= 0.6 is 0 Å². The molecule has 0 bridgehead atoms. The summed E-state index contributed by atoms with van der Waals surface area (Å²) in [4.78, 5) is 0. The molecule has 1 heterocycles. The Hall–Kier alpha value is -2.13. The lowest BCUT2D eigenvalue weighted by Crippen LogP contribution is -2.40. The third kappa shape index (κ3) is 2.77. The summed E-state index contributed by atoms with van der Waals surface area (Å²) in [5, 5.41) is 12.0. The fourth-order valence-corrected chi connectivity index (χ4v) is 3.34. The number of nitrogens with zero attached hydrogens (tertiary/aromatic N) is 1. The van der Waals surface area contributed by atoms with Crippen molar-refractivity contribution in [1.82, 2.24) is 15.5 Å². The molecule has 0 spiro atoms. The van der Waals surface area contributed by atoms with Crippen LogP contribution in [-0.4, -0.2) is 22.8 Å². The van der Waals surface area contributed by atoms with Gasteiger partial charge in [-0.1, -0.05) is 42.5 Å². The molecule has 1 aromatic heterocycles. The molecule has 0 amide bonds. The van der Waals surface area contributed by atoms with Gasteiger partial charge in [-0.15, -0.1) is 0 Å². The second kappa shape index (κ2) is 5.93. The largest absolute Gasteiger partial charge is 0.314 e. The van der Waals surface area contributed by atoms with Crippen LogP contribution in [0.15, 0.2) is 54.7 Å². The molecule has 22 heavy (non-hydrogen) atoms. The number of aromatic nitrogens is 2. The molecule has 2 aromatic carbocycles. The molecule has 1 saturated carbocycles. The van der Waals surface area contributed by atoms with Crippen LogP contribution in [0.4, 0.5) is 0 Å². The zero-order valence-electron chi connectivity index (χ0n) is 12.6. The Morgan fingerprint density at radius 1 is 1.09 bits per heavy atom. The molecule has 0 unspecified atom stereocenters. The first-order valence-electron chi connectivity index (χ1n) is 8.09. The Bertz CT molecular complexity index is 741. The van der Waals surface area contributed by atoms with Crippen molar-refractivity contribution >= 4 is 10.9 Å². The van der Waals surface area contributed by atoms with Gasteiger partial charge in [-0.05, 0) is 48.9 Å². The van der Waals surface area contributed by atoms with Crippen molar-refractivity contribution in [2.75, 3.05) is 6.54 Å². The van der Waals surface area contributed by atoms with Crippen molar-refractivity contribution in [3.63, 3.8) is 0 Å². The highest BCUT2D eigenvalue weighted by Gasteiger charge is 2.29. The van der Waals surface area contributed by atoms with E-state index in [0.29, 0.717) is 6.04 Å². The first-order valence-corrected chi connectivity index (χ1v) is 8.09. The minimum absolute atomic E-state index is 0.682. The topological polar surface area (TPSA) is 40.7 Å². The minimum atomic E-state index is 0.682. The van der Waals surface area contributed by atoms with Gasteiger partial charge < -0.3 is 5.32 Å². The van der Waals surface area contributed by atoms with Crippen LogP contribution in [0.3, 0.4) is 0 Å². The fourth-order valence-electron chi connectivity index (χ4n) is 3.34. The van der Waals surface area contributed by atoms with Gasteiger partial charge in [0, 0.05) is 11.4 Å². The van der Waals surface area contributed by atoms with Gasteiger partial charge in [0.2, 0.25) is 0 Å². The van der Waals surface area contributed by atoms with Crippen molar-refractivity contribution in [3.8, 4) is 0 Å². The summed E-state index contributed by atoms with van der Waals surface area (Å²) < 4.78 is 0. The van der Waals surface area contributed by atoms with Crippen LogP contribution in [-0.2, 0) is 6.42 Å². The lowest BCUT2D eigenvalue weighted by Gasteiger charge is -2.36. The Labute approximate surface area is 130 Å². The van der Waals surface area contributed by atoms with E-state index in [4.69, 9.17) is 0 Å². The van der Waals surface area contributed by atoms with E-state index in [9.17, 15) is 0 Å². The molecule has 0 atom stereocenters. The number of aromatic amines is 1. The number of hydrogen-bond donors (Lipinski definition) is 2. The van der Waals surface area contributed by atoms with Crippen LogP contribution < -0.4 is 5.32 Å². The zero-order chi connectivity index (χ0) is 14.8. The van der Waals surface area contributed by atoms with E-state index < -0.39 is 0 Å². The smallest absolute Gasteiger partial charge is 0.0653 e. The van der Waals surface area contributed by atoms with Gasteiger partial charge in [-0.25, -0.2) is 0 Å². The highest BCUT2D eigenvalue weighted by Crippen LogP contribution is 2.36. The van der Waals surface area contributed by atoms with E-state index in [1.54, 1.807) is 0 Å². The fraction of sp³-hybridized carbons (Fsp3) is 0.316. The minimum Gasteiger partial charge on any atom is -0.314 e. The van der Waals surface area contributed by atoms with Gasteiger partial charge in [-0.3, -0.25) is 5.10 Å². The van der Waals surface area contributed by atoms with Gasteiger partial charge in [0.05, 0.1) is 11.7 Å². The third-order valence-corrected chi connectivity index (χ3v) is 4.76. The summed E-state index contributed by atoms with van der Waals surface area (Å²) >= 11 is 0. The molecule has 112 valence electrons. The molecule has 3 heteroatoms. The Kier molecular flexibility index (Phi) is 3.65. The van der Waals surface area contributed by atoms with E-state index >= 15 is 0 Å². The molecule has 0 radical (unpaired) electrons. The van der Waals surface area contributed by atoms with Crippen molar-refractivity contribution in [1.29, 1.82) is 0 Å². The lowest BCUT2D eigenvalue weighted by molar-refractivity contribution is 0.293. The van der Waals surface area contributed by atoms with Crippen LogP contribution in [0.5, 0.6) is 0 Å². The molecule has 0 saturated heterocycles. The van der Waals surface area contributed by atoms with Crippen molar-refractivity contribution < 1.29 is 0 Å². The van der Waals surface area contributed by atoms with Gasteiger partial charge in [-0.2, -0.15) is 5.10 Å². The molecular formula is C19H21N3. The number of benzene rings is 2. The summed E-state index contributed by atoms with van der Waals surface area (Å²) in [6, 6.07) is 18.1. The second-order valence-corrected chi connectivity index (χ2v) is 6.27. The SMILES string of the molecule is c1ccc(C2CC(NCCc3ccc4cn[nH]c4c3)C2)cc1. The maximum absolute atomic E-state index is 4.07. The van der Waals surface area contributed by atoms with Gasteiger partial charge in [0.25, 0.3) is 0 Å². The molecule has 1 fully saturated rings. The maximum atomic E-state index is 4.07. The van der Waals surface area contributed by atoms with E-state index in [0.717, 1.165) is 24.4 Å². The average molecular weight is 291 g/mol. The summed E-state index contributed by atoms with van der Waals surface area (Å²) in [6.45, 7) is 1.05. The monoisotopic (exact) mass is 291 g/mol. The highest BCUT2D eigenvalue weighted by molar-refractivity contribution is 5.78. The number of fused-ring (bicyclic) bond motifs is 1. The Morgan fingerprint density at radius 3 is 2.82 bits per heavy atom. The lowest BCUT2D eigenvalue weighted by atomic mass is 9.76. The van der Waals surface area contributed by atoms with Gasteiger partial charge in [0.15, 0.2) is 0 Å². The van der Waals surface area contributed by atoms with E-state index in [1.165, 1.54) is 29.4 Å². The summed E-state index contributed by atoms with van der Waals surface area (Å²) in [5.41, 5.74) is 3.98. The van der Waals surface area contributed by atoms with Crippen molar-refractivity contribution in [3.05, 3.63) is 65.9 Å². The molecule has 1 aliphatic rings. The van der Waals surface area contributed by atoms with Crippen LogP contribution in [0.2, 0.25) is 0 Å². The van der Waals surface area contributed by atoms with Crippen molar-refractivity contribution in [2.45, 2.75) is 31.2 Å². The predicted molar refractivity (Wildman–Crippen MR) is 90.0 cm³/mol. The molecule has 4 rings (SSSR count). The Balaban J connectivity index is 1.25. The van der Waals surface area contributed by atoms with Crippen molar-refractivity contribution in [2.24, 2.45) is 0 Å². The van der Waals surface area contributed by atoms with Crippen LogP contribution in [0.1, 0.15) is 29.9 Å². The summed E-state index contributed by atoms with van der Waals surface area (Å²) in [7, 11) is 0. The van der Waals surface area contributed by atoms with E-state index in [-0.39, 0.29) is 0 Å². The quantitative estimate of drug-likeness (QED) is 0.753. The summed E-state index contributed by atoms with van der Waals surface area (Å²) in [6.07, 6.45) is 5.48. The molecule has 0 aliphatic heterocycles. The highest BCUT2D eigenvalue weighted by atomic mass is 15.1. The Morgan fingerprint density at radius 2 is 1.95 bits per heavy atom. The first-order chi connectivity index (χ1) is 10.9. The number of nitrogens with one attached hydrogen (secondary N) is 2. The van der Waals surface area contributed by atoms with E-state index in [1.807, 2.05) is 6.20 Å². The normalized spacial score (nSPS) is 20.9. The average Bonchev–Trinajstić information content (AvgIpc) is 2.98. The van der Waals surface area contributed by atoms with Crippen LogP contribution in [0, 0.1) is 0 Å². The standard InChI is InChI=1S/C19H21N3/c1-2-4-15(5-3-1)17-11-18(12-17)20-9-8-14-6-7-16-13-21-22-19(16)10-14/h1-7,10,13,17-18,20H,8-9,11-12H2,(H,21,22). The van der Waals surface area contributed by atoms with E-state index in [2.05, 4.69) is 64.0 Å². The number of rotatable bonds is 5. The molecule has 3 aromatic rings. The van der Waals surface area contributed by atoms with Gasteiger partial charge in [0.1, 0.15) is 0 Å².